The molecular formula is C25H18F2O4. The van der Waals surface area contributed by atoms with Gasteiger partial charge in [-0.05, 0) is 67.1 Å². The van der Waals surface area contributed by atoms with Crippen LogP contribution in [0.5, 0.6) is 11.5 Å². The van der Waals surface area contributed by atoms with E-state index in [2.05, 4.69) is 11.8 Å². The zero-order chi connectivity index (χ0) is 21.8. The van der Waals surface area contributed by atoms with E-state index in [9.17, 15) is 13.6 Å². The molecule has 1 saturated heterocycles. The van der Waals surface area contributed by atoms with Crippen molar-refractivity contribution in [1.29, 1.82) is 0 Å². The van der Waals surface area contributed by atoms with Crippen LogP contribution in [-0.2, 0) is 4.74 Å². The molecule has 0 aliphatic carbocycles. The minimum Gasteiger partial charge on any atom is -0.491 e. The molecule has 0 bridgehead atoms. The van der Waals surface area contributed by atoms with Gasteiger partial charge in [0, 0.05) is 11.1 Å². The molecule has 4 rings (SSSR count). The quantitative estimate of drug-likeness (QED) is 0.261. The number of epoxide rings is 1. The van der Waals surface area contributed by atoms with E-state index in [1.807, 2.05) is 0 Å². The number of carbonyl (C=O) groups excluding carboxylic acids is 1. The summed E-state index contributed by atoms with van der Waals surface area (Å²) >= 11 is 0. The van der Waals surface area contributed by atoms with Gasteiger partial charge >= 0.3 is 5.97 Å². The van der Waals surface area contributed by atoms with Crippen molar-refractivity contribution in [3.8, 4) is 23.3 Å². The summed E-state index contributed by atoms with van der Waals surface area (Å²) < 4.78 is 43.7. The van der Waals surface area contributed by atoms with Crippen molar-refractivity contribution in [2.24, 2.45) is 0 Å². The second-order valence-electron chi connectivity index (χ2n) is 7.04. The molecular weight excluding hydrogens is 402 g/mol. The lowest BCUT2D eigenvalue weighted by Gasteiger charge is -2.07. The van der Waals surface area contributed by atoms with Gasteiger partial charge in [0.05, 0.1) is 12.2 Å². The van der Waals surface area contributed by atoms with Gasteiger partial charge in [-0.1, -0.05) is 17.9 Å². The Kier molecular flexibility index (Phi) is 5.96. The van der Waals surface area contributed by atoms with Crippen LogP contribution < -0.4 is 9.47 Å². The van der Waals surface area contributed by atoms with Gasteiger partial charge in [0.15, 0.2) is 11.6 Å². The topological polar surface area (TPSA) is 48.1 Å². The van der Waals surface area contributed by atoms with E-state index in [0.29, 0.717) is 35.7 Å². The molecule has 0 aromatic heterocycles. The lowest BCUT2D eigenvalue weighted by Crippen LogP contribution is -2.10. The molecule has 1 atom stereocenters. The molecule has 0 spiro atoms. The molecule has 1 fully saturated rings. The summed E-state index contributed by atoms with van der Waals surface area (Å²) in [6, 6.07) is 15.0. The maximum absolute atomic E-state index is 14.4. The molecule has 1 heterocycles. The maximum Gasteiger partial charge on any atom is 0.343 e. The third kappa shape index (κ3) is 5.47. The number of rotatable bonds is 5. The highest BCUT2D eigenvalue weighted by molar-refractivity contribution is 5.91. The zero-order valence-corrected chi connectivity index (χ0v) is 16.7. The van der Waals surface area contributed by atoms with E-state index in [1.165, 1.54) is 18.2 Å². The summed E-state index contributed by atoms with van der Waals surface area (Å²) in [5.74, 6) is 4.19. The summed E-state index contributed by atoms with van der Waals surface area (Å²) in [6.07, 6.45) is 0.137. The lowest BCUT2D eigenvalue weighted by atomic mass is 10.1. The van der Waals surface area contributed by atoms with E-state index in [1.54, 1.807) is 43.3 Å². The number of halogens is 2. The van der Waals surface area contributed by atoms with Crippen LogP contribution in [0.15, 0.2) is 60.7 Å². The summed E-state index contributed by atoms with van der Waals surface area (Å²) in [7, 11) is 0. The van der Waals surface area contributed by atoms with Crippen LogP contribution in [0.3, 0.4) is 0 Å². The number of carbonyl (C=O) groups is 1. The summed E-state index contributed by atoms with van der Waals surface area (Å²) in [6.45, 7) is 2.82. The number of hydrogen-bond acceptors (Lipinski definition) is 4. The van der Waals surface area contributed by atoms with Crippen molar-refractivity contribution in [2.75, 3.05) is 13.2 Å². The molecule has 4 nitrogen and oxygen atoms in total. The third-order valence-corrected chi connectivity index (χ3v) is 4.59. The highest BCUT2D eigenvalue weighted by atomic mass is 19.1. The Bertz CT molecular complexity index is 1170. The first-order chi connectivity index (χ1) is 15.0. The van der Waals surface area contributed by atoms with Crippen LogP contribution in [0.1, 0.15) is 27.0 Å². The van der Waals surface area contributed by atoms with Crippen LogP contribution in [0.2, 0.25) is 0 Å². The van der Waals surface area contributed by atoms with Crippen LogP contribution in [0, 0.1) is 30.4 Å². The number of hydrogen-bond donors (Lipinski definition) is 0. The highest BCUT2D eigenvalue weighted by Gasteiger charge is 2.23. The van der Waals surface area contributed by atoms with Crippen molar-refractivity contribution in [1.82, 2.24) is 0 Å². The van der Waals surface area contributed by atoms with Gasteiger partial charge in [-0.2, -0.15) is 0 Å². The highest BCUT2D eigenvalue weighted by Crippen LogP contribution is 2.21. The molecule has 0 N–H and O–H groups in total. The summed E-state index contributed by atoms with van der Waals surface area (Å²) in [5, 5.41) is 0. The van der Waals surface area contributed by atoms with E-state index in [0.717, 1.165) is 6.07 Å². The van der Waals surface area contributed by atoms with E-state index in [-0.39, 0.29) is 23.2 Å². The molecule has 156 valence electrons. The molecule has 0 radical (unpaired) electrons. The number of aryl methyl sites for hydroxylation is 1. The molecule has 31 heavy (non-hydrogen) atoms. The fraction of sp³-hybridized carbons (Fsp3) is 0.160. The van der Waals surface area contributed by atoms with Gasteiger partial charge < -0.3 is 14.2 Å². The fourth-order valence-electron chi connectivity index (χ4n) is 2.68. The van der Waals surface area contributed by atoms with Gasteiger partial charge in [-0.3, -0.25) is 0 Å². The van der Waals surface area contributed by atoms with Gasteiger partial charge in [0.2, 0.25) is 0 Å². The second-order valence-corrected chi connectivity index (χ2v) is 7.04. The lowest BCUT2D eigenvalue weighted by molar-refractivity contribution is 0.0727. The second kappa shape index (κ2) is 8.99. The zero-order valence-electron chi connectivity index (χ0n) is 16.7. The van der Waals surface area contributed by atoms with Crippen molar-refractivity contribution < 1.29 is 27.8 Å². The SMILES string of the molecule is Cc1ccc(C#Cc2ccc(OC(=O)c3ccc(OCC4CO4)cc3)c(F)c2)cc1F. The maximum atomic E-state index is 14.4. The number of benzene rings is 3. The molecule has 1 aliphatic rings. The molecule has 1 unspecified atom stereocenters. The largest absolute Gasteiger partial charge is 0.491 e. The molecule has 6 heteroatoms. The van der Waals surface area contributed by atoms with E-state index < -0.39 is 11.8 Å². The average molecular weight is 420 g/mol. The average Bonchev–Trinajstić information content (AvgIpc) is 3.60. The fourth-order valence-corrected chi connectivity index (χ4v) is 2.68. The Balaban J connectivity index is 1.40. The van der Waals surface area contributed by atoms with E-state index in [4.69, 9.17) is 14.2 Å². The predicted octanol–water partition coefficient (Wildman–Crippen LogP) is 4.67. The monoisotopic (exact) mass is 420 g/mol. The van der Waals surface area contributed by atoms with Gasteiger partial charge in [0.25, 0.3) is 0 Å². The summed E-state index contributed by atoms with van der Waals surface area (Å²) in [5.41, 5.74) is 1.65. The molecule has 0 saturated carbocycles. The number of esters is 1. The first-order valence-electron chi connectivity index (χ1n) is 9.62. The molecule has 3 aromatic carbocycles. The summed E-state index contributed by atoms with van der Waals surface area (Å²) in [4.78, 5) is 12.3. The first kappa shape index (κ1) is 20.6. The van der Waals surface area contributed by atoms with Crippen LogP contribution >= 0.6 is 0 Å². The van der Waals surface area contributed by atoms with Crippen molar-refractivity contribution in [3.63, 3.8) is 0 Å². The normalized spacial score (nSPS) is 14.4. The Labute approximate surface area is 178 Å². The van der Waals surface area contributed by atoms with Crippen LogP contribution in [-0.4, -0.2) is 25.3 Å². The minimum atomic E-state index is -0.723. The first-order valence-corrected chi connectivity index (χ1v) is 9.62. The smallest absolute Gasteiger partial charge is 0.343 e. The van der Waals surface area contributed by atoms with Gasteiger partial charge in [0.1, 0.15) is 24.3 Å². The van der Waals surface area contributed by atoms with Gasteiger partial charge in [-0.15, -0.1) is 0 Å². The third-order valence-electron chi connectivity index (χ3n) is 4.59. The minimum absolute atomic E-state index is 0.137. The van der Waals surface area contributed by atoms with Crippen molar-refractivity contribution in [2.45, 2.75) is 13.0 Å². The molecule has 1 aliphatic heterocycles. The standard InChI is InChI=1S/C25H18F2O4/c1-16-2-3-17(12-22(16)26)4-5-18-6-11-24(23(27)13-18)31-25(28)19-7-9-20(10-8-19)29-14-21-15-30-21/h2-3,6-13,21H,14-15H2,1H3. The predicted molar refractivity (Wildman–Crippen MR) is 110 cm³/mol. The molecule has 0 amide bonds. The van der Waals surface area contributed by atoms with Gasteiger partial charge in [-0.25, -0.2) is 13.6 Å². The van der Waals surface area contributed by atoms with Crippen LogP contribution in [0.4, 0.5) is 8.78 Å². The van der Waals surface area contributed by atoms with Crippen molar-refractivity contribution in [3.05, 3.63) is 94.6 Å². The Morgan fingerprint density at radius 1 is 1.00 bits per heavy atom. The van der Waals surface area contributed by atoms with Crippen molar-refractivity contribution >= 4 is 5.97 Å². The Morgan fingerprint density at radius 2 is 1.65 bits per heavy atom. The van der Waals surface area contributed by atoms with Crippen LogP contribution in [0.25, 0.3) is 0 Å². The Morgan fingerprint density at radius 3 is 2.26 bits per heavy atom. The van der Waals surface area contributed by atoms with E-state index >= 15 is 0 Å². The number of ether oxygens (including phenoxy) is 3. The Hall–Kier alpha value is -3.69. The molecule has 3 aromatic rings.